The molecule has 1 heterocycles. The predicted octanol–water partition coefficient (Wildman–Crippen LogP) is 7.49. The maximum atomic E-state index is 6.76. The Balaban J connectivity index is 1.26. The summed E-state index contributed by atoms with van der Waals surface area (Å²) in [5.41, 5.74) is 4.18. The minimum absolute atomic E-state index is 0.269. The molecule has 244 valence electrons. The molecule has 5 aromatic rings. The first kappa shape index (κ1) is 32.8. The molecule has 7 nitrogen and oxygen atoms in total. The van der Waals surface area contributed by atoms with Gasteiger partial charge in [-0.05, 0) is 51.2 Å². The van der Waals surface area contributed by atoms with Gasteiger partial charge in [-0.1, -0.05) is 109 Å². The van der Waals surface area contributed by atoms with Crippen molar-refractivity contribution in [2.45, 2.75) is 57.1 Å². The van der Waals surface area contributed by atoms with Crippen molar-refractivity contribution in [3.8, 4) is 5.75 Å². The van der Waals surface area contributed by atoms with Crippen LogP contribution >= 0.6 is 0 Å². The van der Waals surface area contributed by atoms with E-state index < -0.39 is 30.7 Å². The predicted molar refractivity (Wildman–Crippen MR) is 181 cm³/mol. The SMILES string of the molecule is COc1ccc(COC[C@H]2O[C@H](OC)[C@H](OCc3ccccc3)[C@@H](OCc3ccccc3)[C@H]2OCc2ccc3ccccc3c2)cc1. The molecule has 0 bridgehead atoms. The highest BCUT2D eigenvalue weighted by atomic mass is 16.7. The molecule has 0 amide bonds. The highest BCUT2D eigenvalue weighted by Crippen LogP contribution is 2.31. The minimum atomic E-state index is -0.699. The van der Waals surface area contributed by atoms with E-state index in [9.17, 15) is 0 Å². The van der Waals surface area contributed by atoms with Crippen molar-refractivity contribution >= 4 is 10.8 Å². The fourth-order valence-corrected chi connectivity index (χ4v) is 5.84. The number of benzene rings is 5. The van der Waals surface area contributed by atoms with Crippen molar-refractivity contribution in [1.82, 2.24) is 0 Å². The van der Waals surface area contributed by atoms with Gasteiger partial charge >= 0.3 is 0 Å². The Labute approximate surface area is 276 Å². The van der Waals surface area contributed by atoms with Gasteiger partial charge in [-0.15, -0.1) is 0 Å². The Hall–Kier alpha value is -4.08. The Morgan fingerprint density at radius 1 is 0.511 bits per heavy atom. The van der Waals surface area contributed by atoms with Crippen molar-refractivity contribution in [1.29, 1.82) is 0 Å². The highest BCUT2D eigenvalue weighted by molar-refractivity contribution is 5.82. The lowest BCUT2D eigenvalue weighted by Gasteiger charge is -2.45. The zero-order valence-corrected chi connectivity index (χ0v) is 26.9. The van der Waals surface area contributed by atoms with Crippen LogP contribution < -0.4 is 4.74 Å². The average molecular weight is 635 g/mol. The maximum absolute atomic E-state index is 6.76. The van der Waals surface area contributed by atoms with Crippen LogP contribution in [-0.2, 0) is 54.8 Å². The van der Waals surface area contributed by atoms with Gasteiger partial charge in [0.15, 0.2) is 6.29 Å². The van der Waals surface area contributed by atoms with Crippen LogP contribution in [0, 0.1) is 0 Å². The van der Waals surface area contributed by atoms with Crippen LogP contribution in [0.2, 0.25) is 0 Å². The molecule has 1 fully saturated rings. The molecule has 47 heavy (non-hydrogen) atoms. The molecule has 5 aromatic carbocycles. The van der Waals surface area contributed by atoms with Gasteiger partial charge in [0.05, 0.1) is 40.1 Å². The number of rotatable bonds is 15. The molecule has 0 aromatic heterocycles. The molecule has 0 aliphatic carbocycles. The summed E-state index contributed by atoms with van der Waals surface area (Å²) in [5, 5.41) is 2.34. The summed E-state index contributed by atoms with van der Waals surface area (Å²) >= 11 is 0. The molecule has 1 aliphatic heterocycles. The zero-order chi connectivity index (χ0) is 32.3. The van der Waals surface area contributed by atoms with Gasteiger partial charge in [0, 0.05) is 7.11 Å². The van der Waals surface area contributed by atoms with E-state index >= 15 is 0 Å². The molecule has 0 unspecified atom stereocenters. The summed E-state index contributed by atoms with van der Waals surface area (Å²) < 4.78 is 44.0. The molecule has 1 aliphatic rings. The molecule has 5 atom stereocenters. The van der Waals surface area contributed by atoms with Crippen LogP contribution in [0.5, 0.6) is 5.75 Å². The molecule has 0 spiro atoms. The average Bonchev–Trinajstić information content (AvgIpc) is 3.13. The molecular weight excluding hydrogens is 592 g/mol. The van der Waals surface area contributed by atoms with E-state index in [-0.39, 0.29) is 6.61 Å². The second kappa shape index (κ2) is 16.7. The quantitative estimate of drug-likeness (QED) is 0.118. The van der Waals surface area contributed by atoms with Crippen LogP contribution in [-0.4, -0.2) is 51.5 Å². The lowest BCUT2D eigenvalue weighted by Crippen LogP contribution is -2.61. The summed E-state index contributed by atoms with van der Waals surface area (Å²) in [5.74, 6) is 0.800. The van der Waals surface area contributed by atoms with E-state index in [0.717, 1.165) is 33.4 Å². The van der Waals surface area contributed by atoms with Crippen LogP contribution in [0.15, 0.2) is 127 Å². The van der Waals surface area contributed by atoms with Crippen molar-refractivity contribution in [3.63, 3.8) is 0 Å². The minimum Gasteiger partial charge on any atom is -0.497 e. The molecule has 6 rings (SSSR count). The number of hydrogen-bond donors (Lipinski definition) is 0. The fourth-order valence-electron chi connectivity index (χ4n) is 5.84. The van der Waals surface area contributed by atoms with E-state index in [2.05, 4.69) is 30.3 Å². The van der Waals surface area contributed by atoms with Gasteiger partial charge in [0.2, 0.25) is 0 Å². The molecular formula is C40H42O7. The van der Waals surface area contributed by atoms with E-state index in [4.69, 9.17) is 33.2 Å². The summed E-state index contributed by atoms with van der Waals surface area (Å²) in [6.45, 7) is 1.79. The second-order valence-electron chi connectivity index (χ2n) is 11.6. The van der Waals surface area contributed by atoms with E-state index in [1.807, 2.05) is 97.1 Å². The summed E-state index contributed by atoms with van der Waals surface area (Å²) in [6.07, 6.45) is -2.80. The fraction of sp³-hybridized carbons (Fsp3) is 0.300. The first-order valence-electron chi connectivity index (χ1n) is 16.0. The molecule has 0 N–H and O–H groups in total. The molecule has 1 saturated heterocycles. The van der Waals surface area contributed by atoms with Crippen molar-refractivity contribution < 1.29 is 33.2 Å². The first-order chi connectivity index (χ1) is 23.2. The smallest absolute Gasteiger partial charge is 0.186 e. The van der Waals surface area contributed by atoms with Crippen molar-refractivity contribution in [3.05, 3.63) is 150 Å². The normalized spacial score (nSPS) is 21.1. The van der Waals surface area contributed by atoms with Crippen molar-refractivity contribution in [2.75, 3.05) is 20.8 Å². The topological polar surface area (TPSA) is 64.6 Å². The van der Waals surface area contributed by atoms with E-state index in [1.54, 1.807) is 14.2 Å². The third-order valence-electron chi connectivity index (χ3n) is 8.36. The standard InChI is InChI=1S/C40H42O7/c1-41-35-21-18-31(19-22-35)24-43-28-36-37(44-27-32-17-20-33-15-9-10-16-34(33)23-32)38(45-25-29-11-5-3-6-12-29)39(40(42-2)47-36)46-26-30-13-7-4-8-14-30/h3-23,36-40H,24-28H2,1-2H3/t36-,37+,38+,39-,40+/m1/s1. The Bertz CT molecular complexity index is 1640. The maximum Gasteiger partial charge on any atom is 0.186 e. The Morgan fingerprint density at radius 3 is 1.72 bits per heavy atom. The highest BCUT2D eigenvalue weighted by Gasteiger charge is 2.48. The van der Waals surface area contributed by atoms with Gasteiger partial charge in [0.25, 0.3) is 0 Å². The summed E-state index contributed by atoms with van der Waals surface area (Å²) in [7, 11) is 3.28. The van der Waals surface area contributed by atoms with E-state index in [1.165, 1.54) is 5.39 Å². The van der Waals surface area contributed by atoms with Gasteiger partial charge in [0.1, 0.15) is 30.2 Å². The van der Waals surface area contributed by atoms with Crippen LogP contribution in [0.4, 0.5) is 0 Å². The van der Waals surface area contributed by atoms with Crippen LogP contribution in [0.25, 0.3) is 10.8 Å². The van der Waals surface area contributed by atoms with Gasteiger partial charge in [-0.3, -0.25) is 0 Å². The lowest BCUT2D eigenvalue weighted by molar-refractivity contribution is -0.323. The molecule has 0 radical (unpaired) electrons. The number of methoxy groups -OCH3 is 2. The monoisotopic (exact) mass is 634 g/mol. The summed E-state index contributed by atoms with van der Waals surface area (Å²) in [6, 6.07) is 42.7. The van der Waals surface area contributed by atoms with Gasteiger partial charge in [-0.25, -0.2) is 0 Å². The van der Waals surface area contributed by atoms with Crippen molar-refractivity contribution in [2.24, 2.45) is 0 Å². The second-order valence-corrected chi connectivity index (χ2v) is 11.6. The number of fused-ring (bicyclic) bond motifs is 1. The lowest BCUT2D eigenvalue weighted by atomic mass is 9.97. The number of hydrogen-bond acceptors (Lipinski definition) is 7. The largest absolute Gasteiger partial charge is 0.497 e. The third kappa shape index (κ3) is 8.84. The summed E-state index contributed by atoms with van der Waals surface area (Å²) in [4.78, 5) is 0. The zero-order valence-electron chi connectivity index (χ0n) is 26.9. The Morgan fingerprint density at radius 2 is 1.06 bits per heavy atom. The first-order valence-corrected chi connectivity index (χ1v) is 16.0. The third-order valence-corrected chi connectivity index (χ3v) is 8.36. The molecule has 0 saturated carbocycles. The van der Waals surface area contributed by atoms with E-state index in [0.29, 0.717) is 26.4 Å². The van der Waals surface area contributed by atoms with Gasteiger partial charge < -0.3 is 33.2 Å². The van der Waals surface area contributed by atoms with Crippen LogP contribution in [0.3, 0.4) is 0 Å². The van der Waals surface area contributed by atoms with Crippen LogP contribution in [0.1, 0.15) is 22.3 Å². The number of ether oxygens (including phenoxy) is 7. The molecule has 7 heteroatoms. The Kier molecular flexibility index (Phi) is 11.6. The van der Waals surface area contributed by atoms with Gasteiger partial charge in [-0.2, -0.15) is 0 Å².